The van der Waals surface area contributed by atoms with Crippen LogP contribution in [0.25, 0.3) is 0 Å². The summed E-state index contributed by atoms with van der Waals surface area (Å²) in [5.74, 6) is 0. The number of anilines is 1. The molecular weight excluding hydrogens is 299 g/mol. The molecule has 0 saturated heterocycles. The van der Waals surface area contributed by atoms with Crippen LogP contribution in [0.15, 0.2) is 42.5 Å². The zero-order chi connectivity index (χ0) is 14.5. The van der Waals surface area contributed by atoms with Crippen LogP contribution < -0.4 is 5.32 Å². The van der Waals surface area contributed by atoms with Gasteiger partial charge in [-0.15, -0.1) is 0 Å². The first-order valence-corrected chi connectivity index (χ1v) is 6.75. The van der Waals surface area contributed by atoms with Crippen molar-refractivity contribution in [1.29, 1.82) is 0 Å². The summed E-state index contributed by atoms with van der Waals surface area (Å²) in [6.07, 6.45) is 0.722. The number of nitrogens with zero attached hydrogens (tertiary/aromatic N) is 1. The average molecular weight is 311 g/mol. The Bertz CT molecular complexity index is 615. The lowest BCUT2D eigenvalue weighted by molar-refractivity contribution is -0.383. The molecule has 2 rings (SSSR count). The Labute approximate surface area is 126 Å². The molecule has 0 spiro atoms. The molecule has 6 heteroatoms. The minimum Gasteiger partial charge on any atom is -0.378 e. The Morgan fingerprint density at radius 1 is 1.10 bits per heavy atom. The highest BCUT2D eigenvalue weighted by Gasteiger charge is 2.15. The summed E-state index contributed by atoms with van der Waals surface area (Å²) in [6, 6.07) is 12.1. The van der Waals surface area contributed by atoms with Crippen molar-refractivity contribution in [3.8, 4) is 0 Å². The molecule has 0 heterocycles. The lowest BCUT2D eigenvalue weighted by Crippen LogP contribution is -2.07. The Morgan fingerprint density at radius 2 is 1.80 bits per heavy atom. The molecule has 0 aliphatic rings. The molecule has 2 aromatic rings. The van der Waals surface area contributed by atoms with E-state index in [1.54, 1.807) is 12.1 Å². The van der Waals surface area contributed by atoms with E-state index in [4.69, 9.17) is 23.2 Å². The fourth-order valence-corrected chi connectivity index (χ4v) is 2.19. The molecule has 0 bridgehead atoms. The zero-order valence-corrected chi connectivity index (χ0v) is 12.0. The molecule has 0 saturated carbocycles. The van der Waals surface area contributed by atoms with E-state index in [0.29, 0.717) is 22.3 Å². The van der Waals surface area contributed by atoms with Gasteiger partial charge in [-0.1, -0.05) is 41.4 Å². The predicted octanol–water partition coefficient (Wildman–Crippen LogP) is 4.56. The summed E-state index contributed by atoms with van der Waals surface area (Å²) in [5.41, 5.74) is 1.43. The number of hydrogen-bond donors (Lipinski definition) is 1. The molecule has 0 aromatic heterocycles. The number of hydrogen-bond acceptors (Lipinski definition) is 3. The van der Waals surface area contributed by atoms with Crippen molar-refractivity contribution in [3.63, 3.8) is 0 Å². The highest BCUT2D eigenvalue weighted by molar-refractivity contribution is 6.33. The van der Waals surface area contributed by atoms with Gasteiger partial charge in [0.15, 0.2) is 0 Å². The van der Waals surface area contributed by atoms with Gasteiger partial charge in [-0.25, -0.2) is 0 Å². The minimum absolute atomic E-state index is 0.0198. The van der Waals surface area contributed by atoms with E-state index < -0.39 is 4.92 Å². The second-order valence-electron chi connectivity index (χ2n) is 4.19. The summed E-state index contributed by atoms with van der Waals surface area (Å²) < 4.78 is 0. The third kappa shape index (κ3) is 3.62. The van der Waals surface area contributed by atoms with Crippen molar-refractivity contribution in [3.05, 3.63) is 68.2 Å². The van der Waals surface area contributed by atoms with Crippen LogP contribution in [0.3, 0.4) is 0 Å². The topological polar surface area (TPSA) is 55.2 Å². The van der Waals surface area contributed by atoms with E-state index in [0.717, 1.165) is 12.0 Å². The fourth-order valence-electron chi connectivity index (χ4n) is 1.82. The summed E-state index contributed by atoms with van der Waals surface area (Å²) in [4.78, 5) is 10.5. The Morgan fingerprint density at radius 3 is 2.45 bits per heavy atom. The molecular formula is C14H12Cl2N2O2. The fraction of sp³-hybridized carbons (Fsp3) is 0.143. The number of nitrogens with one attached hydrogen (secondary N) is 1. The van der Waals surface area contributed by atoms with Crippen molar-refractivity contribution in [2.75, 3.05) is 11.9 Å². The summed E-state index contributed by atoms with van der Waals surface area (Å²) in [6.45, 7) is 0.548. The van der Waals surface area contributed by atoms with Crippen molar-refractivity contribution < 1.29 is 4.92 Å². The van der Waals surface area contributed by atoms with E-state index in [-0.39, 0.29) is 5.69 Å². The van der Waals surface area contributed by atoms with Gasteiger partial charge >= 0.3 is 0 Å². The van der Waals surface area contributed by atoms with Crippen LogP contribution in [0, 0.1) is 10.1 Å². The van der Waals surface area contributed by atoms with Gasteiger partial charge in [0.2, 0.25) is 0 Å². The van der Waals surface area contributed by atoms with Crippen LogP contribution in [0.4, 0.5) is 11.4 Å². The molecule has 2 aromatic carbocycles. The molecule has 0 atom stereocenters. The van der Waals surface area contributed by atoms with Crippen molar-refractivity contribution >= 4 is 34.6 Å². The van der Waals surface area contributed by atoms with Crippen LogP contribution in [0.1, 0.15) is 5.56 Å². The monoisotopic (exact) mass is 310 g/mol. The first kappa shape index (κ1) is 14.6. The van der Waals surface area contributed by atoms with Crippen LogP contribution in [0.5, 0.6) is 0 Å². The zero-order valence-electron chi connectivity index (χ0n) is 10.5. The van der Waals surface area contributed by atoms with Crippen LogP contribution in [0.2, 0.25) is 10.0 Å². The van der Waals surface area contributed by atoms with E-state index in [1.165, 1.54) is 6.07 Å². The smallest absolute Gasteiger partial charge is 0.293 e. The average Bonchev–Trinajstić information content (AvgIpc) is 2.42. The maximum atomic E-state index is 10.9. The minimum atomic E-state index is -0.448. The van der Waals surface area contributed by atoms with Gasteiger partial charge in [0.25, 0.3) is 5.69 Å². The standard InChI is InChI=1S/C14H12Cl2N2O2/c15-11-6-4-10(5-7-11)8-9-17-14-12(16)2-1-3-13(14)18(19)20/h1-7,17H,8-9H2. The molecule has 1 N–H and O–H groups in total. The molecule has 0 aliphatic carbocycles. The van der Waals surface area contributed by atoms with Gasteiger partial charge in [0.05, 0.1) is 9.95 Å². The SMILES string of the molecule is O=[N+]([O-])c1cccc(Cl)c1NCCc1ccc(Cl)cc1. The van der Waals surface area contributed by atoms with E-state index in [9.17, 15) is 10.1 Å². The molecule has 0 fully saturated rings. The Kier molecular flexibility index (Phi) is 4.82. The number of nitro groups is 1. The highest BCUT2D eigenvalue weighted by Crippen LogP contribution is 2.31. The van der Waals surface area contributed by atoms with E-state index in [2.05, 4.69) is 5.32 Å². The maximum absolute atomic E-state index is 10.9. The van der Waals surface area contributed by atoms with Crippen molar-refractivity contribution in [1.82, 2.24) is 0 Å². The Balaban J connectivity index is 2.04. The molecule has 0 radical (unpaired) electrons. The number of benzene rings is 2. The molecule has 0 aliphatic heterocycles. The molecule has 0 unspecified atom stereocenters. The number of rotatable bonds is 5. The first-order valence-electron chi connectivity index (χ1n) is 5.99. The molecule has 4 nitrogen and oxygen atoms in total. The van der Waals surface area contributed by atoms with Gasteiger partial charge < -0.3 is 5.32 Å². The van der Waals surface area contributed by atoms with Crippen LogP contribution in [-0.4, -0.2) is 11.5 Å². The largest absolute Gasteiger partial charge is 0.378 e. The summed E-state index contributed by atoms with van der Waals surface area (Å²) in [5, 5.41) is 15.0. The van der Waals surface area contributed by atoms with Gasteiger partial charge in [0.1, 0.15) is 5.69 Å². The molecule has 104 valence electrons. The van der Waals surface area contributed by atoms with Crippen molar-refractivity contribution in [2.45, 2.75) is 6.42 Å². The van der Waals surface area contributed by atoms with E-state index in [1.807, 2.05) is 24.3 Å². The second kappa shape index (κ2) is 6.59. The van der Waals surface area contributed by atoms with Gasteiger partial charge in [0, 0.05) is 17.6 Å². The maximum Gasteiger partial charge on any atom is 0.293 e. The normalized spacial score (nSPS) is 10.3. The summed E-state index contributed by atoms with van der Waals surface area (Å²) in [7, 11) is 0. The Hall–Kier alpha value is -1.78. The molecule has 20 heavy (non-hydrogen) atoms. The first-order chi connectivity index (χ1) is 9.58. The quantitative estimate of drug-likeness (QED) is 0.650. The van der Waals surface area contributed by atoms with Crippen molar-refractivity contribution in [2.24, 2.45) is 0 Å². The van der Waals surface area contributed by atoms with E-state index >= 15 is 0 Å². The number of halogens is 2. The summed E-state index contributed by atoms with van der Waals surface area (Å²) >= 11 is 11.8. The third-order valence-corrected chi connectivity index (χ3v) is 3.38. The predicted molar refractivity (Wildman–Crippen MR) is 81.8 cm³/mol. The van der Waals surface area contributed by atoms with Gasteiger partial charge in [-0.2, -0.15) is 0 Å². The molecule has 0 amide bonds. The van der Waals surface area contributed by atoms with Crippen LogP contribution >= 0.6 is 23.2 Å². The lowest BCUT2D eigenvalue weighted by Gasteiger charge is -2.09. The lowest BCUT2D eigenvalue weighted by atomic mass is 10.1. The number of para-hydroxylation sites is 1. The second-order valence-corrected chi connectivity index (χ2v) is 5.04. The van der Waals surface area contributed by atoms with Crippen LogP contribution in [-0.2, 0) is 6.42 Å². The highest BCUT2D eigenvalue weighted by atomic mass is 35.5. The number of nitro benzene ring substituents is 1. The third-order valence-electron chi connectivity index (χ3n) is 2.82. The van der Waals surface area contributed by atoms with Gasteiger partial charge in [-0.3, -0.25) is 10.1 Å². The van der Waals surface area contributed by atoms with Gasteiger partial charge in [-0.05, 0) is 30.2 Å².